The molecule has 0 N–H and O–H groups in total. The quantitative estimate of drug-likeness (QED) is 0.689. The molecule has 0 saturated carbocycles. The Bertz CT molecular complexity index is 672. The van der Waals surface area contributed by atoms with E-state index in [1.807, 2.05) is 30.3 Å². The molecule has 0 aliphatic carbocycles. The third-order valence-corrected chi connectivity index (χ3v) is 5.67. The number of likely N-dealkylation sites (tertiary alicyclic amines) is 1. The van der Waals surface area contributed by atoms with Crippen molar-refractivity contribution >= 4 is 17.7 Å². The van der Waals surface area contributed by atoms with Crippen LogP contribution in [-0.4, -0.2) is 36.3 Å². The Morgan fingerprint density at radius 1 is 1.16 bits per heavy atom. The molecule has 25 heavy (non-hydrogen) atoms. The number of methoxy groups -OCH3 is 1. The molecule has 0 bridgehead atoms. The number of thioether (sulfide) groups is 1. The fourth-order valence-corrected chi connectivity index (χ4v) is 4.18. The van der Waals surface area contributed by atoms with Crippen LogP contribution in [0.25, 0.3) is 0 Å². The Balaban J connectivity index is 1.48. The summed E-state index contributed by atoms with van der Waals surface area (Å²) in [6.07, 6.45) is 3.81. The molecule has 1 aliphatic rings. The zero-order valence-corrected chi connectivity index (χ0v) is 15.5. The molecule has 132 valence electrons. The van der Waals surface area contributed by atoms with Crippen LogP contribution in [-0.2, 0) is 11.2 Å². The third-order valence-electron chi connectivity index (χ3n) is 4.66. The van der Waals surface area contributed by atoms with Crippen molar-refractivity contribution in [2.24, 2.45) is 0 Å². The number of carbonyl (C=O) groups is 1. The van der Waals surface area contributed by atoms with Gasteiger partial charge >= 0.3 is 0 Å². The van der Waals surface area contributed by atoms with Crippen molar-refractivity contribution in [1.29, 1.82) is 0 Å². The second kappa shape index (κ2) is 8.95. The van der Waals surface area contributed by atoms with Gasteiger partial charge in [-0.25, -0.2) is 0 Å². The van der Waals surface area contributed by atoms with Crippen molar-refractivity contribution in [2.45, 2.75) is 36.6 Å². The van der Waals surface area contributed by atoms with Crippen LogP contribution in [0.5, 0.6) is 5.75 Å². The number of hydrogen-bond donors (Lipinski definition) is 0. The molecule has 3 rings (SSSR count). The first-order chi connectivity index (χ1) is 12.3. The normalized spacial score (nSPS) is 16.8. The molecule has 1 heterocycles. The fraction of sp³-hybridized carbons (Fsp3) is 0.381. The first-order valence-electron chi connectivity index (χ1n) is 8.86. The van der Waals surface area contributed by atoms with Gasteiger partial charge in [-0.2, -0.15) is 0 Å². The van der Waals surface area contributed by atoms with Crippen LogP contribution in [0.1, 0.15) is 24.8 Å². The van der Waals surface area contributed by atoms with Gasteiger partial charge in [-0.3, -0.25) is 4.79 Å². The molecule has 2 aromatic carbocycles. The highest BCUT2D eigenvalue weighted by Crippen LogP contribution is 2.25. The van der Waals surface area contributed by atoms with Gasteiger partial charge in [0.1, 0.15) is 5.75 Å². The minimum absolute atomic E-state index is 0.291. The van der Waals surface area contributed by atoms with Crippen molar-refractivity contribution in [3.05, 3.63) is 60.2 Å². The number of carbonyl (C=O) groups excluding carboxylic acids is 1. The Morgan fingerprint density at radius 3 is 2.64 bits per heavy atom. The summed E-state index contributed by atoms with van der Waals surface area (Å²) < 4.78 is 5.17. The van der Waals surface area contributed by atoms with Crippen molar-refractivity contribution in [1.82, 2.24) is 4.90 Å². The molecule has 1 fully saturated rings. The Kier molecular flexibility index (Phi) is 6.40. The summed E-state index contributed by atoms with van der Waals surface area (Å²) in [7, 11) is 1.67. The predicted octanol–water partition coefficient (Wildman–Crippen LogP) is 4.41. The summed E-state index contributed by atoms with van der Waals surface area (Å²) >= 11 is 1.73. The minimum atomic E-state index is 0.291. The smallest absolute Gasteiger partial charge is 0.223 e. The van der Waals surface area contributed by atoms with E-state index in [1.54, 1.807) is 18.9 Å². The van der Waals surface area contributed by atoms with Crippen LogP contribution in [0, 0.1) is 0 Å². The van der Waals surface area contributed by atoms with Crippen molar-refractivity contribution in [3.63, 3.8) is 0 Å². The van der Waals surface area contributed by atoms with Crippen molar-refractivity contribution in [2.75, 3.05) is 19.4 Å². The maximum Gasteiger partial charge on any atom is 0.223 e. The number of benzene rings is 2. The first-order valence-corrected chi connectivity index (χ1v) is 9.85. The Hall–Kier alpha value is -1.94. The molecule has 1 unspecified atom stereocenters. The monoisotopic (exact) mass is 355 g/mol. The Morgan fingerprint density at radius 2 is 1.92 bits per heavy atom. The molecule has 1 amide bonds. The second-order valence-corrected chi connectivity index (χ2v) is 7.52. The average molecular weight is 356 g/mol. The number of amides is 1. The summed E-state index contributed by atoms with van der Waals surface area (Å²) in [4.78, 5) is 15.9. The summed E-state index contributed by atoms with van der Waals surface area (Å²) in [6, 6.07) is 18.9. The van der Waals surface area contributed by atoms with E-state index in [-0.39, 0.29) is 0 Å². The highest BCUT2D eigenvalue weighted by molar-refractivity contribution is 7.99. The van der Waals surface area contributed by atoms with Gasteiger partial charge in [0.25, 0.3) is 0 Å². The molecule has 1 aliphatic heterocycles. The zero-order chi connectivity index (χ0) is 17.5. The molecular weight excluding hydrogens is 330 g/mol. The lowest BCUT2D eigenvalue weighted by Gasteiger charge is -2.25. The van der Waals surface area contributed by atoms with Gasteiger partial charge in [0.05, 0.1) is 7.11 Å². The summed E-state index contributed by atoms with van der Waals surface area (Å²) in [5.74, 6) is 1.97. The molecular formula is C21H25NO2S. The van der Waals surface area contributed by atoms with Crippen LogP contribution < -0.4 is 4.74 Å². The molecule has 3 nitrogen and oxygen atoms in total. The molecule has 0 radical (unpaired) electrons. The van der Waals surface area contributed by atoms with E-state index >= 15 is 0 Å². The standard InChI is InChI=1S/C21H25NO2S/c1-24-19-9-11-20(12-10-19)25-15-13-21(23)22-14-5-8-18(22)16-17-6-3-2-4-7-17/h2-4,6-7,9-12,18H,5,8,13-16H2,1H3. The van der Waals surface area contributed by atoms with Crippen LogP contribution >= 0.6 is 11.8 Å². The number of rotatable bonds is 7. The van der Waals surface area contributed by atoms with Gasteiger partial charge in [-0.1, -0.05) is 30.3 Å². The topological polar surface area (TPSA) is 29.5 Å². The van der Waals surface area contributed by atoms with E-state index in [0.29, 0.717) is 18.4 Å². The lowest BCUT2D eigenvalue weighted by atomic mass is 10.0. The Labute approximate surface area is 154 Å². The maximum atomic E-state index is 12.6. The largest absolute Gasteiger partial charge is 0.497 e. The van der Waals surface area contributed by atoms with Gasteiger partial charge in [-0.05, 0) is 49.1 Å². The molecule has 1 atom stereocenters. The van der Waals surface area contributed by atoms with Crippen LogP contribution in [0.2, 0.25) is 0 Å². The third kappa shape index (κ3) is 5.02. The molecule has 4 heteroatoms. The van der Waals surface area contributed by atoms with Gasteiger partial charge in [-0.15, -0.1) is 11.8 Å². The molecule has 0 aromatic heterocycles. The molecule has 1 saturated heterocycles. The predicted molar refractivity (Wildman–Crippen MR) is 103 cm³/mol. The van der Waals surface area contributed by atoms with E-state index in [2.05, 4.69) is 29.2 Å². The van der Waals surface area contributed by atoms with E-state index in [1.165, 1.54) is 10.5 Å². The highest BCUT2D eigenvalue weighted by atomic mass is 32.2. The maximum absolute atomic E-state index is 12.6. The minimum Gasteiger partial charge on any atom is -0.497 e. The van der Waals surface area contributed by atoms with Crippen LogP contribution in [0.4, 0.5) is 0 Å². The highest BCUT2D eigenvalue weighted by Gasteiger charge is 2.28. The fourth-order valence-electron chi connectivity index (χ4n) is 3.33. The number of ether oxygens (including phenoxy) is 1. The van der Waals surface area contributed by atoms with E-state index in [0.717, 1.165) is 37.3 Å². The SMILES string of the molecule is COc1ccc(SCCC(=O)N2CCCC2Cc2ccccc2)cc1. The van der Waals surface area contributed by atoms with E-state index in [9.17, 15) is 4.79 Å². The van der Waals surface area contributed by atoms with Gasteiger partial charge < -0.3 is 9.64 Å². The van der Waals surface area contributed by atoms with Gasteiger partial charge in [0.2, 0.25) is 5.91 Å². The molecule has 2 aromatic rings. The lowest BCUT2D eigenvalue weighted by molar-refractivity contribution is -0.131. The molecule has 0 spiro atoms. The number of hydrogen-bond acceptors (Lipinski definition) is 3. The lowest BCUT2D eigenvalue weighted by Crippen LogP contribution is -2.36. The van der Waals surface area contributed by atoms with Crippen molar-refractivity contribution < 1.29 is 9.53 Å². The van der Waals surface area contributed by atoms with Gasteiger partial charge in [0, 0.05) is 29.7 Å². The van der Waals surface area contributed by atoms with Gasteiger partial charge in [0.15, 0.2) is 0 Å². The first kappa shape index (κ1) is 17.9. The van der Waals surface area contributed by atoms with E-state index < -0.39 is 0 Å². The number of nitrogens with zero attached hydrogens (tertiary/aromatic N) is 1. The van der Waals surface area contributed by atoms with Crippen LogP contribution in [0.3, 0.4) is 0 Å². The van der Waals surface area contributed by atoms with E-state index in [4.69, 9.17) is 4.74 Å². The summed E-state index contributed by atoms with van der Waals surface area (Å²) in [5.41, 5.74) is 1.32. The summed E-state index contributed by atoms with van der Waals surface area (Å²) in [5, 5.41) is 0. The zero-order valence-electron chi connectivity index (χ0n) is 14.7. The van der Waals surface area contributed by atoms with Crippen molar-refractivity contribution in [3.8, 4) is 5.75 Å². The summed E-state index contributed by atoms with van der Waals surface area (Å²) in [6.45, 7) is 0.906. The van der Waals surface area contributed by atoms with Crippen LogP contribution in [0.15, 0.2) is 59.5 Å². The second-order valence-electron chi connectivity index (χ2n) is 6.35. The average Bonchev–Trinajstić information content (AvgIpc) is 3.11.